The van der Waals surface area contributed by atoms with Crippen LogP contribution in [0.25, 0.3) is 22.5 Å². The van der Waals surface area contributed by atoms with E-state index in [0.717, 1.165) is 121 Å². The highest BCUT2D eigenvalue weighted by molar-refractivity contribution is 14.1. The highest BCUT2D eigenvalue weighted by Gasteiger charge is 2.32. The number of alkyl halides is 1. The van der Waals surface area contributed by atoms with Crippen LogP contribution in [0, 0.1) is 24.7 Å². The van der Waals surface area contributed by atoms with E-state index < -0.39 is 5.41 Å². The summed E-state index contributed by atoms with van der Waals surface area (Å²) in [5, 5.41) is 12.6. The molecule has 10 rings (SSSR count). The van der Waals surface area contributed by atoms with Gasteiger partial charge in [0.25, 0.3) is 11.8 Å². The van der Waals surface area contributed by atoms with E-state index in [9.17, 15) is 19.2 Å². The Kier molecular flexibility index (Phi) is 26.2. The second-order valence-corrected chi connectivity index (χ2v) is 25.8. The SMILES string of the molecule is CC(C)(C)C(=O)OCI.Cc1ccc(NC(=O)c2ccc(CN3CCN(C)CC3)cc2)cc1Nc1nccc(-c2cccnc2)n1.Cc1ccc(NC(=O)c2ccc(CN3CC[N+](C)(COC(=O)C(C)(C)C)CC3)cc2)cc1Nc1nccc(-c2cccnc2)n1.[I-]. The zero-order valence-corrected chi connectivity index (χ0v) is 58.5. The Morgan fingerprint density at radius 2 is 0.978 bits per heavy atom. The second kappa shape index (κ2) is 33.6. The second-order valence-electron chi connectivity index (χ2n) is 25.1. The number of pyridine rings is 2. The molecule has 2 aliphatic heterocycles. The molecule has 4 N–H and O–H groups in total. The number of likely N-dealkylation sites (N-methyl/N-ethyl adjacent to an activating group) is 2. The van der Waals surface area contributed by atoms with Crippen LogP contribution in [0.1, 0.15) is 84.5 Å². The molecule has 4 aromatic heterocycles. The van der Waals surface area contributed by atoms with Gasteiger partial charge in [-0.15, -0.1) is 0 Å². The summed E-state index contributed by atoms with van der Waals surface area (Å²) in [6.45, 7) is 25.2. The average molecular weight is 1470 g/mol. The molecule has 92 heavy (non-hydrogen) atoms. The molecule has 0 radical (unpaired) electrons. The van der Waals surface area contributed by atoms with Crippen molar-refractivity contribution in [2.75, 3.05) is 99.1 Å². The Morgan fingerprint density at radius 3 is 1.37 bits per heavy atom. The number of carbonyl (C=O) groups excluding carboxylic acids is 4. The van der Waals surface area contributed by atoms with Crippen molar-refractivity contribution in [3.8, 4) is 22.5 Å². The fourth-order valence-electron chi connectivity index (χ4n) is 9.52. The van der Waals surface area contributed by atoms with E-state index in [1.54, 1.807) is 37.2 Å². The van der Waals surface area contributed by atoms with Crippen LogP contribution in [0.5, 0.6) is 0 Å². The van der Waals surface area contributed by atoms with Crippen LogP contribution in [0.2, 0.25) is 0 Å². The van der Waals surface area contributed by atoms with Gasteiger partial charge in [0.1, 0.15) is 4.61 Å². The van der Waals surface area contributed by atoms with E-state index in [0.29, 0.717) is 45.7 Å². The van der Waals surface area contributed by atoms with Crippen molar-refractivity contribution in [1.82, 2.24) is 44.6 Å². The van der Waals surface area contributed by atoms with Crippen molar-refractivity contribution in [2.24, 2.45) is 10.8 Å². The summed E-state index contributed by atoms with van der Waals surface area (Å²) in [6, 6.07) is 38.4. The van der Waals surface area contributed by atoms with Crippen LogP contribution in [-0.2, 0) is 32.2 Å². The molecular formula is C70H84I2N14O6. The number of esters is 2. The molecule has 22 heteroatoms. The maximum absolute atomic E-state index is 13.1. The highest BCUT2D eigenvalue weighted by Crippen LogP contribution is 2.28. The normalized spacial score (nSPS) is 14.1. The molecule has 0 saturated carbocycles. The number of nitrogens with zero attached hydrogens (tertiary/aromatic N) is 10. The van der Waals surface area contributed by atoms with E-state index in [1.807, 2.05) is 199 Å². The predicted molar refractivity (Wildman–Crippen MR) is 367 cm³/mol. The van der Waals surface area contributed by atoms with Crippen molar-refractivity contribution in [1.29, 1.82) is 0 Å². The van der Waals surface area contributed by atoms with Gasteiger partial charge in [0.15, 0.2) is 0 Å². The summed E-state index contributed by atoms with van der Waals surface area (Å²) in [5.41, 5.74) is 11.1. The third-order valence-corrected chi connectivity index (χ3v) is 15.7. The molecule has 2 fully saturated rings. The summed E-state index contributed by atoms with van der Waals surface area (Å²) in [5.74, 6) is 0.309. The number of halogens is 2. The van der Waals surface area contributed by atoms with Crippen LogP contribution in [-0.4, -0.2) is 151 Å². The number of benzene rings is 4. The lowest BCUT2D eigenvalue weighted by Crippen LogP contribution is -3.00. The minimum Gasteiger partial charge on any atom is -1.00 e. The summed E-state index contributed by atoms with van der Waals surface area (Å²) < 4.78 is 11.5. The number of ether oxygens (including phenoxy) is 2. The fourth-order valence-corrected chi connectivity index (χ4v) is 9.81. The number of anilines is 6. The first-order chi connectivity index (χ1) is 43.5. The van der Waals surface area contributed by atoms with Gasteiger partial charge < -0.3 is 59.6 Å². The summed E-state index contributed by atoms with van der Waals surface area (Å²) >= 11 is 2.00. The molecule has 0 aliphatic carbocycles. The molecule has 0 spiro atoms. The molecule has 8 aromatic rings. The van der Waals surface area contributed by atoms with Gasteiger partial charge in [-0.25, -0.2) is 19.9 Å². The van der Waals surface area contributed by atoms with Crippen molar-refractivity contribution >= 4 is 81.0 Å². The minimum atomic E-state index is -0.492. The molecule has 484 valence electrons. The molecular weight excluding hydrogens is 1390 g/mol. The van der Waals surface area contributed by atoms with Crippen LogP contribution < -0.4 is 45.2 Å². The van der Waals surface area contributed by atoms with E-state index in [1.165, 1.54) is 5.56 Å². The summed E-state index contributed by atoms with van der Waals surface area (Å²) in [6.07, 6.45) is 10.4. The van der Waals surface area contributed by atoms with Crippen molar-refractivity contribution < 1.29 is 57.1 Å². The van der Waals surface area contributed by atoms with Gasteiger partial charge in [0, 0.05) is 135 Å². The Hall–Kier alpha value is -7.88. The molecule has 6 heterocycles. The van der Waals surface area contributed by atoms with Crippen LogP contribution in [0.4, 0.5) is 34.6 Å². The maximum atomic E-state index is 13.1. The molecule has 0 bridgehead atoms. The average Bonchev–Trinajstić information content (AvgIpc) is 1.68. The molecule has 0 atom stereocenters. The van der Waals surface area contributed by atoms with Gasteiger partial charge in [0.2, 0.25) is 18.6 Å². The largest absolute Gasteiger partial charge is 1.00 e. The Labute approximate surface area is 571 Å². The third-order valence-electron chi connectivity index (χ3n) is 15.4. The van der Waals surface area contributed by atoms with Gasteiger partial charge in [-0.05, 0) is 192 Å². The van der Waals surface area contributed by atoms with Crippen molar-refractivity contribution in [3.05, 3.63) is 192 Å². The van der Waals surface area contributed by atoms with Crippen LogP contribution >= 0.6 is 22.6 Å². The van der Waals surface area contributed by atoms with Gasteiger partial charge in [-0.3, -0.25) is 43.4 Å². The first kappa shape index (κ1) is 71.6. The molecule has 20 nitrogen and oxygen atoms in total. The number of quaternary nitrogens is 1. The number of carbonyl (C=O) groups is 4. The number of aromatic nitrogens is 6. The number of hydrogen-bond acceptors (Lipinski definition) is 17. The molecule has 2 saturated heterocycles. The van der Waals surface area contributed by atoms with E-state index in [4.69, 9.17) is 9.47 Å². The molecule has 4 aromatic carbocycles. The standard InChI is InChI=1S/C35H41N7O3.C29H31N7O.C6H11IO2.HI/c1-25-8-13-29(21-31(25)40-34-37-16-14-30(39-34)28-7-6-15-36-22-28)38-32(43)27-11-9-26(10-12-27)23-41-17-19-42(5,20-18-41)24-45-33(44)35(2,3)4;1-21-5-10-25(18-27(21)34-29-31-13-11-26(33-29)24-4-3-12-30-19-24)32-28(37)23-8-6-22(7-9-23)20-36-16-14-35(2)15-17-36;1-6(2,3)5(8)9-4-7;/h6-16,21-22H,17-20,23-24H2,1-5H3,(H-,37,38,39,40,43);3-13,18-19H,14-17,20H2,1-2H3,(H,32,37)(H,31,33,34);4H2,1-3H3;1H. The first-order valence-corrected chi connectivity index (χ1v) is 31.9. The molecule has 0 unspecified atom stereocenters. The smallest absolute Gasteiger partial charge is 0.315 e. The molecule has 2 amide bonds. The lowest BCUT2D eigenvalue weighted by Gasteiger charge is -2.41. The zero-order valence-electron chi connectivity index (χ0n) is 54.2. The lowest BCUT2D eigenvalue weighted by molar-refractivity contribution is -0.929. The number of amides is 2. The van der Waals surface area contributed by atoms with Crippen molar-refractivity contribution in [2.45, 2.75) is 68.5 Å². The number of nitrogens with one attached hydrogen (secondary N) is 4. The minimum absolute atomic E-state index is 0. The molecule has 2 aliphatic rings. The predicted octanol–water partition coefficient (Wildman–Crippen LogP) is 9.21. The number of piperazine rings is 2. The Bertz CT molecular complexity index is 3710. The maximum Gasteiger partial charge on any atom is 0.315 e. The number of aryl methyl sites for hydroxylation is 2. The van der Waals surface area contributed by atoms with Gasteiger partial charge in [0.05, 0.1) is 42.4 Å². The Balaban J connectivity index is 0.000000231. The van der Waals surface area contributed by atoms with Gasteiger partial charge >= 0.3 is 11.9 Å². The quantitative estimate of drug-likeness (QED) is 0.0289. The van der Waals surface area contributed by atoms with Crippen LogP contribution in [0.15, 0.2) is 159 Å². The van der Waals surface area contributed by atoms with Gasteiger partial charge in [-0.1, -0.05) is 36.4 Å². The summed E-state index contributed by atoms with van der Waals surface area (Å²) in [4.78, 5) is 82.6. The lowest BCUT2D eigenvalue weighted by atomic mass is 9.97. The zero-order chi connectivity index (χ0) is 65.1. The topological polar surface area (TPSA) is 222 Å². The number of hydrogen-bond donors (Lipinski definition) is 4. The summed E-state index contributed by atoms with van der Waals surface area (Å²) in [7, 11) is 4.30. The van der Waals surface area contributed by atoms with Gasteiger partial charge in [-0.2, -0.15) is 0 Å². The first-order valence-electron chi connectivity index (χ1n) is 30.4. The van der Waals surface area contributed by atoms with E-state index in [2.05, 4.69) is 80.0 Å². The highest BCUT2D eigenvalue weighted by atomic mass is 127. The Morgan fingerprint density at radius 1 is 0.554 bits per heavy atom. The fraction of sp³-hybridized carbons (Fsp3) is 0.343. The van der Waals surface area contributed by atoms with E-state index >= 15 is 0 Å². The van der Waals surface area contributed by atoms with E-state index in [-0.39, 0.29) is 53.1 Å². The number of rotatable bonds is 17. The monoisotopic (exact) mass is 1470 g/mol. The van der Waals surface area contributed by atoms with Crippen LogP contribution in [0.3, 0.4) is 0 Å². The third kappa shape index (κ3) is 21.9. The van der Waals surface area contributed by atoms with Crippen molar-refractivity contribution in [3.63, 3.8) is 0 Å².